The van der Waals surface area contributed by atoms with Crippen molar-refractivity contribution in [3.63, 3.8) is 0 Å². The molecular formula is C12H23NO3. The summed E-state index contributed by atoms with van der Waals surface area (Å²) in [6.07, 6.45) is 3.50. The van der Waals surface area contributed by atoms with E-state index in [-0.39, 0.29) is 18.7 Å². The quantitative estimate of drug-likeness (QED) is 0.762. The van der Waals surface area contributed by atoms with Crippen LogP contribution in [0.1, 0.15) is 46.5 Å². The number of amides is 1. The van der Waals surface area contributed by atoms with Crippen molar-refractivity contribution >= 4 is 6.09 Å². The topological polar surface area (TPSA) is 58.6 Å². The third kappa shape index (κ3) is 4.84. The minimum absolute atomic E-state index is 0.206. The molecule has 0 bridgehead atoms. The lowest BCUT2D eigenvalue weighted by molar-refractivity contribution is 0.0482. The van der Waals surface area contributed by atoms with Crippen molar-refractivity contribution in [3.8, 4) is 0 Å². The Kier molecular flexibility index (Phi) is 4.59. The molecule has 1 fully saturated rings. The average Bonchev–Trinajstić information content (AvgIpc) is 2.16. The standard InChI is InChI=1S/C12H23NO3/c1-12(2,3)16-11(15)13-10-6-4-9(8-14)5-7-10/h9-10,14H,4-8H2,1-3H3,(H,13,15). The molecule has 94 valence electrons. The SMILES string of the molecule is CC(C)(C)OC(=O)NC1CCC(CO)CC1. The maximum absolute atomic E-state index is 11.5. The first-order chi connectivity index (χ1) is 7.40. The number of alkyl carbamates (subject to hydrolysis) is 1. The number of hydrogen-bond donors (Lipinski definition) is 2. The van der Waals surface area contributed by atoms with E-state index in [1.807, 2.05) is 20.8 Å². The Morgan fingerprint density at radius 1 is 1.31 bits per heavy atom. The molecule has 0 spiro atoms. The third-order valence-corrected chi connectivity index (χ3v) is 2.83. The van der Waals surface area contributed by atoms with E-state index in [2.05, 4.69) is 5.32 Å². The summed E-state index contributed by atoms with van der Waals surface area (Å²) in [5.41, 5.74) is -0.438. The molecule has 1 aliphatic carbocycles. The molecule has 1 aliphatic rings. The van der Waals surface area contributed by atoms with Crippen molar-refractivity contribution in [1.82, 2.24) is 5.32 Å². The van der Waals surface area contributed by atoms with Gasteiger partial charge in [-0.3, -0.25) is 0 Å². The van der Waals surface area contributed by atoms with E-state index < -0.39 is 5.60 Å². The molecule has 1 rings (SSSR count). The van der Waals surface area contributed by atoms with Crippen molar-refractivity contribution in [3.05, 3.63) is 0 Å². The highest BCUT2D eigenvalue weighted by Crippen LogP contribution is 2.23. The molecule has 0 aromatic heterocycles. The highest BCUT2D eigenvalue weighted by atomic mass is 16.6. The number of aliphatic hydroxyl groups excluding tert-OH is 1. The Bertz CT molecular complexity index is 227. The Labute approximate surface area is 97.4 Å². The highest BCUT2D eigenvalue weighted by molar-refractivity contribution is 5.68. The predicted molar refractivity (Wildman–Crippen MR) is 62.2 cm³/mol. The zero-order chi connectivity index (χ0) is 12.2. The van der Waals surface area contributed by atoms with Gasteiger partial charge in [0.25, 0.3) is 0 Å². The Balaban J connectivity index is 2.26. The van der Waals surface area contributed by atoms with Gasteiger partial charge < -0.3 is 15.2 Å². The summed E-state index contributed by atoms with van der Waals surface area (Å²) >= 11 is 0. The van der Waals surface area contributed by atoms with Crippen LogP contribution in [0, 0.1) is 5.92 Å². The summed E-state index contributed by atoms with van der Waals surface area (Å²) in [5.74, 6) is 0.414. The molecule has 0 radical (unpaired) electrons. The largest absolute Gasteiger partial charge is 0.444 e. The summed E-state index contributed by atoms with van der Waals surface area (Å²) < 4.78 is 5.19. The van der Waals surface area contributed by atoms with Crippen LogP contribution in [0.25, 0.3) is 0 Å². The second kappa shape index (κ2) is 5.53. The van der Waals surface area contributed by atoms with Crippen LogP contribution in [-0.4, -0.2) is 29.4 Å². The van der Waals surface area contributed by atoms with Crippen LogP contribution in [-0.2, 0) is 4.74 Å². The molecule has 2 N–H and O–H groups in total. The zero-order valence-electron chi connectivity index (χ0n) is 10.5. The van der Waals surface area contributed by atoms with E-state index in [4.69, 9.17) is 9.84 Å². The van der Waals surface area contributed by atoms with Crippen LogP contribution in [0.15, 0.2) is 0 Å². The Morgan fingerprint density at radius 3 is 2.31 bits per heavy atom. The van der Waals surface area contributed by atoms with E-state index in [1.54, 1.807) is 0 Å². The lowest BCUT2D eigenvalue weighted by atomic mass is 9.87. The minimum Gasteiger partial charge on any atom is -0.444 e. The number of carbonyl (C=O) groups excluding carboxylic acids is 1. The van der Waals surface area contributed by atoms with Crippen molar-refractivity contribution in [1.29, 1.82) is 0 Å². The molecule has 0 heterocycles. The monoisotopic (exact) mass is 229 g/mol. The molecule has 16 heavy (non-hydrogen) atoms. The van der Waals surface area contributed by atoms with Gasteiger partial charge in [0.15, 0.2) is 0 Å². The van der Waals surface area contributed by atoms with E-state index in [0.29, 0.717) is 5.92 Å². The number of rotatable bonds is 2. The maximum Gasteiger partial charge on any atom is 0.407 e. The third-order valence-electron chi connectivity index (χ3n) is 2.83. The highest BCUT2D eigenvalue weighted by Gasteiger charge is 2.24. The van der Waals surface area contributed by atoms with Crippen LogP contribution in [0.5, 0.6) is 0 Å². The Hall–Kier alpha value is -0.770. The summed E-state index contributed by atoms with van der Waals surface area (Å²) in [5, 5.41) is 11.9. The summed E-state index contributed by atoms with van der Waals surface area (Å²) in [7, 11) is 0. The van der Waals surface area contributed by atoms with Gasteiger partial charge in [-0.15, -0.1) is 0 Å². The van der Waals surface area contributed by atoms with Gasteiger partial charge in [-0.1, -0.05) is 0 Å². The van der Waals surface area contributed by atoms with E-state index in [9.17, 15) is 4.79 Å². The molecule has 0 atom stereocenters. The van der Waals surface area contributed by atoms with E-state index in [1.165, 1.54) is 0 Å². The van der Waals surface area contributed by atoms with Crippen LogP contribution in [0.3, 0.4) is 0 Å². The predicted octanol–water partition coefficient (Wildman–Crippen LogP) is 2.06. The zero-order valence-corrected chi connectivity index (χ0v) is 10.5. The first kappa shape index (κ1) is 13.3. The first-order valence-electron chi connectivity index (χ1n) is 6.01. The summed E-state index contributed by atoms with van der Waals surface area (Å²) in [4.78, 5) is 11.5. The summed E-state index contributed by atoms with van der Waals surface area (Å²) in [6, 6.07) is 0.206. The second-order valence-corrected chi connectivity index (χ2v) is 5.55. The molecule has 0 aliphatic heterocycles. The van der Waals surface area contributed by atoms with E-state index >= 15 is 0 Å². The van der Waals surface area contributed by atoms with Gasteiger partial charge in [0.2, 0.25) is 0 Å². The molecule has 0 aromatic carbocycles. The fourth-order valence-electron chi connectivity index (χ4n) is 1.96. The molecule has 1 amide bonds. The van der Waals surface area contributed by atoms with Gasteiger partial charge in [-0.05, 0) is 52.4 Å². The molecule has 0 aromatic rings. The second-order valence-electron chi connectivity index (χ2n) is 5.55. The Morgan fingerprint density at radius 2 is 1.88 bits per heavy atom. The van der Waals surface area contributed by atoms with Gasteiger partial charge >= 0.3 is 6.09 Å². The van der Waals surface area contributed by atoms with Gasteiger partial charge in [-0.2, -0.15) is 0 Å². The van der Waals surface area contributed by atoms with Gasteiger partial charge in [-0.25, -0.2) is 4.79 Å². The number of nitrogens with one attached hydrogen (secondary N) is 1. The number of hydrogen-bond acceptors (Lipinski definition) is 3. The normalized spacial score (nSPS) is 26.2. The van der Waals surface area contributed by atoms with Gasteiger partial charge in [0.1, 0.15) is 5.60 Å². The first-order valence-corrected chi connectivity index (χ1v) is 6.01. The van der Waals surface area contributed by atoms with Gasteiger partial charge in [0, 0.05) is 12.6 Å². The summed E-state index contributed by atoms with van der Waals surface area (Å²) in [6.45, 7) is 5.83. The number of carbonyl (C=O) groups is 1. The van der Waals surface area contributed by atoms with Crippen molar-refractivity contribution < 1.29 is 14.6 Å². The molecule has 4 nitrogen and oxygen atoms in total. The molecule has 0 saturated heterocycles. The number of ether oxygens (including phenoxy) is 1. The molecule has 4 heteroatoms. The molecule has 1 saturated carbocycles. The van der Waals surface area contributed by atoms with Crippen LogP contribution >= 0.6 is 0 Å². The van der Waals surface area contributed by atoms with Crippen molar-refractivity contribution in [2.75, 3.05) is 6.61 Å². The van der Waals surface area contributed by atoms with Crippen LogP contribution < -0.4 is 5.32 Å². The van der Waals surface area contributed by atoms with E-state index in [0.717, 1.165) is 25.7 Å². The minimum atomic E-state index is -0.438. The van der Waals surface area contributed by atoms with Crippen molar-refractivity contribution in [2.45, 2.75) is 58.1 Å². The van der Waals surface area contributed by atoms with Crippen LogP contribution in [0.4, 0.5) is 4.79 Å². The fraction of sp³-hybridized carbons (Fsp3) is 0.917. The lowest BCUT2D eigenvalue weighted by Gasteiger charge is -2.29. The molecular weight excluding hydrogens is 206 g/mol. The van der Waals surface area contributed by atoms with Crippen molar-refractivity contribution in [2.24, 2.45) is 5.92 Å². The maximum atomic E-state index is 11.5. The number of aliphatic hydroxyl groups is 1. The smallest absolute Gasteiger partial charge is 0.407 e. The van der Waals surface area contributed by atoms with Crippen LogP contribution in [0.2, 0.25) is 0 Å². The fourth-order valence-corrected chi connectivity index (χ4v) is 1.96. The van der Waals surface area contributed by atoms with Gasteiger partial charge in [0.05, 0.1) is 0 Å². The molecule has 0 unspecified atom stereocenters. The lowest BCUT2D eigenvalue weighted by Crippen LogP contribution is -2.41. The average molecular weight is 229 g/mol.